The van der Waals surface area contributed by atoms with Crippen LogP contribution in [0.4, 0.5) is 0 Å². The second kappa shape index (κ2) is 3.35. The molecule has 1 fully saturated rings. The molecule has 0 saturated carbocycles. The summed E-state index contributed by atoms with van der Waals surface area (Å²) in [5.41, 5.74) is 0. The van der Waals surface area contributed by atoms with Gasteiger partial charge in [-0.15, -0.1) is 0 Å². The van der Waals surface area contributed by atoms with E-state index in [0.717, 1.165) is 6.61 Å². The van der Waals surface area contributed by atoms with Crippen LogP contribution < -0.4 is 0 Å². The number of hydrogen-bond acceptors (Lipinski definition) is 2. The summed E-state index contributed by atoms with van der Waals surface area (Å²) < 4.78 is 10.6. The van der Waals surface area contributed by atoms with Gasteiger partial charge < -0.3 is 9.47 Å². The van der Waals surface area contributed by atoms with Crippen molar-refractivity contribution in [1.29, 1.82) is 0 Å². The van der Waals surface area contributed by atoms with Crippen molar-refractivity contribution in [2.75, 3.05) is 13.7 Å². The van der Waals surface area contributed by atoms with Gasteiger partial charge in [0.25, 0.3) is 0 Å². The van der Waals surface area contributed by atoms with Crippen molar-refractivity contribution in [3.63, 3.8) is 0 Å². The Kier molecular flexibility index (Phi) is 2.69. The Balaban J connectivity index is 2.31. The summed E-state index contributed by atoms with van der Waals surface area (Å²) in [4.78, 5) is 0. The van der Waals surface area contributed by atoms with Gasteiger partial charge in [-0.25, -0.2) is 0 Å². The molecule has 0 aromatic rings. The van der Waals surface area contributed by atoms with Crippen LogP contribution in [0.25, 0.3) is 0 Å². The van der Waals surface area contributed by atoms with Crippen molar-refractivity contribution in [2.24, 2.45) is 5.92 Å². The lowest BCUT2D eigenvalue weighted by Crippen LogP contribution is -2.19. The monoisotopic (exact) mass is 144 g/mol. The van der Waals surface area contributed by atoms with Gasteiger partial charge in [0.2, 0.25) is 0 Å². The van der Waals surface area contributed by atoms with Crippen LogP contribution in [-0.2, 0) is 9.47 Å². The number of hydrogen-bond donors (Lipinski definition) is 0. The zero-order valence-electron chi connectivity index (χ0n) is 6.96. The normalized spacial score (nSPS) is 40.5. The Hall–Kier alpha value is -0.0800. The van der Waals surface area contributed by atoms with Gasteiger partial charge in [-0.1, -0.05) is 6.92 Å². The van der Waals surface area contributed by atoms with E-state index in [1.165, 1.54) is 6.42 Å². The van der Waals surface area contributed by atoms with Crippen LogP contribution in [0.3, 0.4) is 0 Å². The van der Waals surface area contributed by atoms with E-state index in [1.54, 1.807) is 7.11 Å². The molecule has 0 spiro atoms. The lowest BCUT2D eigenvalue weighted by Gasteiger charge is -2.12. The lowest BCUT2D eigenvalue weighted by atomic mass is 10.0. The molecule has 0 aromatic heterocycles. The molecular formula is C8H16O2. The third-order valence-electron chi connectivity index (χ3n) is 2.08. The average molecular weight is 144 g/mol. The minimum absolute atomic E-state index is 0.333. The maximum absolute atomic E-state index is 5.59. The molecule has 0 radical (unpaired) electrons. The summed E-state index contributed by atoms with van der Waals surface area (Å²) in [5, 5.41) is 0. The fourth-order valence-corrected chi connectivity index (χ4v) is 1.53. The molecule has 60 valence electrons. The summed E-state index contributed by atoms with van der Waals surface area (Å²) in [7, 11) is 1.72. The first-order chi connectivity index (χ1) is 4.74. The fourth-order valence-electron chi connectivity index (χ4n) is 1.53. The Morgan fingerprint density at radius 3 is 2.60 bits per heavy atom. The van der Waals surface area contributed by atoms with Crippen LogP contribution in [0.2, 0.25) is 0 Å². The smallest absolute Gasteiger partial charge is 0.0838 e. The van der Waals surface area contributed by atoms with Gasteiger partial charge in [0.1, 0.15) is 0 Å². The zero-order valence-corrected chi connectivity index (χ0v) is 6.96. The molecule has 1 saturated heterocycles. The molecule has 1 rings (SSSR count). The van der Waals surface area contributed by atoms with Crippen LogP contribution in [0, 0.1) is 5.92 Å². The first-order valence-electron chi connectivity index (χ1n) is 3.88. The maximum atomic E-state index is 5.59. The second-order valence-electron chi connectivity index (χ2n) is 3.15. The maximum Gasteiger partial charge on any atom is 0.0838 e. The minimum atomic E-state index is 0.333. The molecule has 1 aliphatic rings. The summed E-state index contributed by atoms with van der Waals surface area (Å²) in [6, 6.07) is 0. The number of methoxy groups -OCH3 is 1. The lowest BCUT2D eigenvalue weighted by molar-refractivity contribution is -0.00517. The molecule has 3 atom stereocenters. The van der Waals surface area contributed by atoms with E-state index in [1.807, 2.05) is 0 Å². The van der Waals surface area contributed by atoms with Gasteiger partial charge in [0.05, 0.1) is 18.8 Å². The predicted molar refractivity (Wildman–Crippen MR) is 40.0 cm³/mol. The zero-order chi connectivity index (χ0) is 7.56. The van der Waals surface area contributed by atoms with Crippen molar-refractivity contribution in [1.82, 2.24) is 0 Å². The molecule has 0 bridgehead atoms. The van der Waals surface area contributed by atoms with E-state index in [0.29, 0.717) is 18.1 Å². The molecule has 10 heavy (non-hydrogen) atoms. The van der Waals surface area contributed by atoms with Crippen LogP contribution in [-0.4, -0.2) is 25.9 Å². The predicted octanol–water partition coefficient (Wildman–Crippen LogP) is 1.45. The third-order valence-corrected chi connectivity index (χ3v) is 2.08. The van der Waals surface area contributed by atoms with E-state index in [-0.39, 0.29) is 0 Å². The van der Waals surface area contributed by atoms with E-state index in [9.17, 15) is 0 Å². The molecule has 0 aliphatic carbocycles. The quantitative estimate of drug-likeness (QED) is 0.584. The molecule has 0 amide bonds. The summed E-state index contributed by atoms with van der Waals surface area (Å²) in [6.45, 7) is 5.07. The summed E-state index contributed by atoms with van der Waals surface area (Å²) in [5.74, 6) is 0.662. The topological polar surface area (TPSA) is 18.5 Å². The molecule has 1 unspecified atom stereocenters. The molecule has 2 heteroatoms. The van der Waals surface area contributed by atoms with Gasteiger partial charge in [-0.3, -0.25) is 0 Å². The molecular weight excluding hydrogens is 128 g/mol. The highest BCUT2D eigenvalue weighted by molar-refractivity contribution is 4.76. The molecule has 0 N–H and O–H groups in total. The third kappa shape index (κ3) is 1.70. The van der Waals surface area contributed by atoms with Gasteiger partial charge in [-0.2, -0.15) is 0 Å². The Morgan fingerprint density at radius 1 is 1.50 bits per heavy atom. The van der Waals surface area contributed by atoms with Crippen LogP contribution >= 0.6 is 0 Å². The molecule has 1 aliphatic heterocycles. The summed E-state index contributed by atoms with van der Waals surface area (Å²) >= 11 is 0. The van der Waals surface area contributed by atoms with Crippen molar-refractivity contribution >= 4 is 0 Å². The second-order valence-corrected chi connectivity index (χ2v) is 3.15. The molecule has 2 nitrogen and oxygen atoms in total. The van der Waals surface area contributed by atoms with Crippen molar-refractivity contribution < 1.29 is 9.47 Å². The van der Waals surface area contributed by atoms with Crippen molar-refractivity contribution in [3.8, 4) is 0 Å². The van der Waals surface area contributed by atoms with Gasteiger partial charge >= 0.3 is 0 Å². The van der Waals surface area contributed by atoms with Crippen LogP contribution in [0.5, 0.6) is 0 Å². The van der Waals surface area contributed by atoms with Crippen molar-refractivity contribution in [3.05, 3.63) is 0 Å². The SMILES string of the molecule is COC[C@H]1O[C@@H](C)CC1C. The standard InChI is InChI=1S/C8H16O2/c1-6-4-7(2)10-8(6)5-9-3/h6-8H,4-5H2,1-3H3/t6?,7-,8+/m0/s1. The Labute approximate surface area is 62.5 Å². The van der Waals surface area contributed by atoms with Gasteiger partial charge in [-0.05, 0) is 19.3 Å². The minimum Gasteiger partial charge on any atom is -0.382 e. The Bertz CT molecular complexity index is 103. The summed E-state index contributed by atoms with van der Waals surface area (Å²) in [6.07, 6.45) is 1.93. The highest BCUT2D eigenvalue weighted by atomic mass is 16.5. The van der Waals surface area contributed by atoms with E-state index in [4.69, 9.17) is 9.47 Å². The van der Waals surface area contributed by atoms with Gasteiger partial charge in [0.15, 0.2) is 0 Å². The highest BCUT2D eigenvalue weighted by Crippen LogP contribution is 2.25. The van der Waals surface area contributed by atoms with E-state index >= 15 is 0 Å². The van der Waals surface area contributed by atoms with Crippen LogP contribution in [0.15, 0.2) is 0 Å². The van der Waals surface area contributed by atoms with Gasteiger partial charge in [0, 0.05) is 7.11 Å². The Morgan fingerprint density at radius 2 is 2.20 bits per heavy atom. The van der Waals surface area contributed by atoms with Crippen molar-refractivity contribution in [2.45, 2.75) is 32.5 Å². The molecule has 1 heterocycles. The number of rotatable bonds is 2. The van der Waals surface area contributed by atoms with E-state index < -0.39 is 0 Å². The van der Waals surface area contributed by atoms with E-state index in [2.05, 4.69) is 13.8 Å². The number of ether oxygens (including phenoxy) is 2. The van der Waals surface area contributed by atoms with Crippen LogP contribution in [0.1, 0.15) is 20.3 Å². The first kappa shape index (κ1) is 8.02. The molecule has 0 aromatic carbocycles. The first-order valence-corrected chi connectivity index (χ1v) is 3.88. The average Bonchev–Trinajstić information content (AvgIpc) is 2.13. The largest absolute Gasteiger partial charge is 0.382 e. The fraction of sp³-hybridized carbons (Fsp3) is 1.00. The highest BCUT2D eigenvalue weighted by Gasteiger charge is 2.28.